The van der Waals surface area contributed by atoms with Crippen LogP contribution in [0.15, 0.2) is 0 Å². The standard InChI is InChI=1S/C9H18N2O2/c10-9-7-13-6-8(9)5-11-1-3-12-4-2-11/h8-9H,1-7,10H2. The fourth-order valence-corrected chi connectivity index (χ4v) is 1.92. The zero-order valence-electron chi connectivity index (χ0n) is 7.95. The van der Waals surface area contributed by atoms with E-state index in [0.717, 1.165) is 46.1 Å². The Bertz CT molecular complexity index is 160. The van der Waals surface area contributed by atoms with Crippen LogP contribution in [0.5, 0.6) is 0 Å². The molecule has 4 nitrogen and oxygen atoms in total. The van der Waals surface area contributed by atoms with Gasteiger partial charge < -0.3 is 15.2 Å². The molecule has 2 fully saturated rings. The van der Waals surface area contributed by atoms with Gasteiger partial charge in [-0.25, -0.2) is 0 Å². The van der Waals surface area contributed by atoms with Gasteiger partial charge in [0.25, 0.3) is 0 Å². The smallest absolute Gasteiger partial charge is 0.0621 e. The molecule has 2 unspecified atom stereocenters. The largest absolute Gasteiger partial charge is 0.379 e. The van der Waals surface area contributed by atoms with Crippen LogP contribution in [0.2, 0.25) is 0 Å². The Morgan fingerprint density at radius 2 is 1.92 bits per heavy atom. The van der Waals surface area contributed by atoms with Gasteiger partial charge in [0, 0.05) is 31.6 Å². The summed E-state index contributed by atoms with van der Waals surface area (Å²) in [7, 11) is 0. The molecule has 2 saturated heterocycles. The van der Waals surface area contributed by atoms with Crippen LogP contribution >= 0.6 is 0 Å². The van der Waals surface area contributed by atoms with Crippen LogP contribution in [0.1, 0.15) is 0 Å². The molecule has 0 aliphatic carbocycles. The molecule has 2 atom stereocenters. The predicted octanol–water partition coefficient (Wildman–Crippen LogP) is -0.708. The Kier molecular flexibility index (Phi) is 3.16. The number of morpholine rings is 1. The van der Waals surface area contributed by atoms with Crippen LogP contribution in [-0.4, -0.2) is 57.0 Å². The lowest BCUT2D eigenvalue weighted by Crippen LogP contribution is -2.43. The van der Waals surface area contributed by atoms with Crippen LogP contribution in [0.4, 0.5) is 0 Å². The third-order valence-electron chi connectivity index (χ3n) is 2.84. The highest BCUT2D eigenvalue weighted by molar-refractivity contribution is 4.81. The van der Waals surface area contributed by atoms with E-state index in [1.54, 1.807) is 0 Å². The lowest BCUT2D eigenvalue weighted by atomic mass is 10.0. The predicted molar refractivity (Wildman–Crippen MR) is 49.5 cm³/mol. The number of ether oxygens (including phenoxy) is 2. The van der Waals surface area contributed by atoms with Crippen molar-refractivity contribution in [1.29, 1.82) is 0 Å². The average molecular weight is 186 g/mol. The Morgan fingerprint density at radius 3 is 2.54 bits per heavy atom. The summed E-state index contributed by atoms with van der Waals surface area (Å²) in [5, 5.41) is 0. The van der Waals surface area contributed by atoms with Gasteiger partial charge in [0.1, 0.15) is 0 Å². The summed E-state index contributed by atoms with van der Waals surface area (Å²) in [4.78, 5) is 2.42. The molecule has 4 heteroatoms. The van der Waals surface area contributed by atoms with Crippen molar-refractivity contribution in [2.45, 2.75) is 6.04 Å². The molecule has 2 aliphatic rings. The van der Waals surface area contributed by atoms with E-state index in [1.807, 2.05) is 0 Å². The maximum Gasteiger partial charge on any atom is 0.0621 e. The van der Waals surface area contributed by atoms with Gasteiger partial charge in [-0.3, -0.25) is 4.90 Å². The van der Waals surface area contributed by atoms with E-state index in [9.17, 15) is 0 Å². The summed E-state index contributed by atoms with van der Waals surface area (Å²) in [6, 6.07) is 0.239. The lowest BCUT2D eigenvalue weighted by molar-refractivity contribution is 0.0290. The number of hydrogen-bond acceptors (Lipinski definition) is 4. The molecule has 2 heterocycles. The van der Waals surface area contributed by atoms with Crippen LogP contribution in [0.25, 0.3) is 0 Å². The fraction of sp³-hybridized carbons (Fsp3) is 1.00. The molecule has 0 amide bonds. The highest BCUT2D eigenvalue weighted by atomic mass is 16.5. The average Bonchev–Trinajstić information content (AvgIpc) is 2.54. The first-order valence-corrected chi connectivity index (χ1v) is 4.99. The second-order valence-corrected chi connectivity index (χ2v) is 3.87. The van der Waals surface area contributed by atoms with Crippen molar-refractivity contribution in [2.24, 2.45) is 11.7 Å². The number of nitrogens with two attached hydrogens (primary N) is 1. The molecule has 0 aromatic heterocycles. The molecule has 0 bridgehead atoms. The van der Waals surface area contributed by atoms with E-state index in [0.29, 0.717) is 5.92 Å². The molecular formula is C9H18N2O2. The highest BCUT2D eigenvalue weighted by Crippen LogP contribution is 2.13. The van der Waals surface area contributed by atoms with Crippen molar-refractivity contribution in [3.63, 3.8) is 0 Å². The SMILES string of the molecule is NC1COCC1CN1CCOCC1. The maximum atomic E-state index is 5.91. The topological polar surface area (TPSA) is 47.7 Å². The second kappa shape index (κ2) is 4.37. The summed E-state index contributed by atoms with van der Waals surface area (Å²) >= 11 is 0. The van der Waals surface area contributed by atoms with E-state index in [1.165, 1.54) is 0 Å². The first-order valence-electron chi connectivity index (χ1n) is 4.99. The number of rotatable bonds is 2. The van der Waals surface area contributed by atoms with Gasteiger partial charge in [0.05, 0.1) is 26.4 Å². The Hall–Kier alpha value is -0.160. The fourth-order valence-electron chi connectivity index (χ4n) is 1.92. The summed E-state index contributed by atoms with van der Waals surface area (Å²) in [5.74, 6) is 0.526. The van der Waals surface area contributed by atoms with Crippen LogP contribution in [0, 0.1) is 5.92 Å². The lowest BCUT2D eigenvalue weighted by Gasteiger charge is -2.29. The van der Waals surface area contributed by atoms with Gasteiger partial charge in [-0.05, 0) is 0 Å². The third kappa shape index (κ3) is 2.40. The Balaban J connectivity index is 1.75. The van der Waals surface area contributed by atoms with Gasteiger partial charge in [-0.15, -0.1) is 0 Å². The molecular weight excluding hydrogens is 168 g/mol. The van der Waals surface area contributed by atoms with Gasteiger partial charge in [0.2, 0.25) is 0 Å². The van der Waals surface area contributed by atoms with E-state index >= 15 is 0 Å². The van der Waals surface area contributed by atoms with E-state index in [2.05, 4.69) is 4.90 Å². The van der Waals surface area contributed by atoms with Crippen molar-refractivity contribution in [3.8, 4) is 0 Å². The first kappa shape index (κ1) is 9.40. The van der Waals surface area contributed by atoms with E-state index < -0.39 is 0 Å². The van der Waals surface area contributed by atoms with Gasteiger partial charge in [0.15, 0.2) is 0 Å². The van der Waals surface area contributed by atoms with Crippen molar-refractivity contribution in [2.75, 3.05) is 46.1 Å². The van der Waals surface area contributed by atoms with Gasteiger partial charge in [-0.1, -0.05) is 0 Å². The van der Waals surface area contributed by atoms with E-state index in [4.69, 9.17) is 15.2 Å². The molecule has 0 saturated carbocycles. The zero-order chi connectivity index (χ0) is 9.10. The normalized spacial score (nSPS) is 36.7. The third-order valence-corrected chi connectivity index (χ3v) is 2.84. The van der Waals surface area contributed by atoms with E-state index in [-0.39, 0.29) is 6.04 Å². The summed E-state index contributed by atoms with van der Waals surface area (Å²) < 4.78 is 10.6. The van der Waals surface area contributed by atoms with Gasteiger partial charge in [-0.2, -0.15) is 0 Å². The quantitative estimate of drug-likeness (QED) is 0.619. The summed E-state index contributed by atoms with van der Waals surface area (Å²) in [6.45, 7) is 6.45. The minimum Gasteiger partial charge on any atom is -0.379 e. The van der Waals surface area contributed by atoms with Crippen molar-refractivity contribution >= 4 is 0 Å². The van der Waals surface area contributed by atoms with Crippen LogP contribution in [-0.2, 0) is 9.47 Å². The molecule has 2 aliphatic heterocycles. The molecule has 0 aromatic rings. The number of nitrogens with zero attached hydrogens (tertiary/aromatic N) is 1. The zero-order valence-corrected chi connectivity index (χ0v) is 7.95. The molecule has 76 valence electrons. The van der Waals surface area contributed by atoms with Crippen LogP contribution < -0.4 is 5.73 Å². The summed E-state index contributed by atoms with van der Waals surface area (Å²) in [5.41, 5.74) is 5.91. The molecule has 0 aromatic carbocycles. The minimum atomic E-state index is 0.239. The maximum absolute atomic E-state index is 5.91. The molecule has 0 spiro atoms. The van der Waals surface area contributed by atoms with Crippen molar-refractivity contribution in [1.82, 2.24) is 4.90 Å². The highest BCUT2D eigenvalue weighted by Gasteiger charge is 2.27. The van der Waals surface area contributed by atoms with Crippen molar-refractivity contribution in [3.05, 3.63) is 0 Å². The van der Waals surface area contributed by atoms with Crippen molar-refractivity contribution < 1.29 is 9.47 Å². The summed E-state index contributed by atoms with van der Waals surface area (Å²) in [6.07, 6.45) is 0. The molecule has 0 radical (unpaired) electrons. The monoisotopic (exact) mass is 186 g/mol. The van der Waals surface area contributed by atoms with Crippen LogP contribution in [0.3, 0.4) is 0 Å². The first-order chi connectivity index (χ1) is 6.36. The molecule has 13 heavy (non-hydrogen) atoms. The Morgan fingerprint density at radius 1 is 1.15 bits per heavy atom. The Labute approximate surface area is 79.0 Å². The molecule has 2 rings (SSSR count). The number of hydrogen-bond donors (Lipinski definition) is 1. The second-order valence-electron chi connectivity index (χ2n) is 3.87. The van der Waals surface area contributed by atoms with Gasteiger partial charge >= 0.3 is 0 Å². The minimum absolute atomic E-state index is 0.239. The molecule has 2 N–H and O–H groups in total.